The third kappa shape index (κ3) is 4.92. The Morgan fingerprint density at radius 2 is 1.83 bits per heavy atom. The molecule has 0 fully saturated rings. The van der Waals surface area contributed by atoms with Crippen molar-refractivity contribution < 1.29 is 13.2 Å². The van der Waals surface area contributed by atoms with Crippen LogP contribution in [0.25, 0.3) is 0 Å². The highest BCUT2D eigenvalue weighted by atomic mass is 19.4. The fraction of sp³-hybridized carbons (Fsp3) is 0.429. The summed E-state index contributed by atoms with van der Waals surface area (Å²) in [5.74, 6) is 0. The Morgan fingerprint density at radius 3 is 2.33 bits per heavy atom. The number of alkyl halides is 3. The van der Waals surface area contributed by atoms with Crippen LogP contribution in [0.3, 0.4) is 0 Å². The molecule has 0 aliphatic carbocycles. The number of hydrogen-bond acceptors (Lipinski definition) is 1. The van der Waals surface area contributed by atoms with Crippen LogP contribution in [0.2, 0.25) is 0 Å². The predicted molar refractivity (Wildman–Crippen MR) is 67.4 cm³/mol. The Kier molecular flexibility index (Phi) is 5.41. The van der Waals surface area contributed by atoms with Gasteiger partial charge in [-0.2, -0.15) is 13.2 Å². The van der Waals surface area contributed by atoms with Gasteiger partial charge < -0.3 is 5.32 Å². The van der Waals surface area contributed by atoms with Gasteiger partial charge in [0.15, 0.2) is 0 Å². The highest BCUT2D eigenvalue weighted by Gasteiger charge is 2.29. The van der Waals surface area contributed by atoms with Gasteiger partial charge in [-0.05, 0) is 51.1 Å². The summed E-state index contributed by atoms with van der Waals surface area (Å²) in [6.45, 7) is 2.90. The molecule has 0 saturated heterocycles. The maximum absolute atomic E-state index is 12.4. The minimum absolute atomic E-state index is 0.594. The Morgan fingerprint density at radius 1 is 1.22 bits per heavy atom. The molecule has 0 amide bonds. The Labute approximate surface area is 106 Å². The van der Waals surface area contributed by atoms with Gasteiger partial charge >= 0.3 is 6.18 Å². The van der Waals surface area contributed by atoms with E-state index in [0.717, 1.165) is 30.7 Å². The number of allylic oxidation sites excluding steroid dienone is 1. The SMILES string of the molecule is CNCCC=C(C)Cc1ccc(C(F)(F)F)cc1. The van der Waals surface area contributed by atoms with Crippen LogP contribution in [0.5, 0.6) is 0 Å². The van der Waals surface area contributed by atoms with E-state index in [1.165, 1.54) is 17.7 Å². The van der Waals surface area contributed by atoms with Gasteiger partial charge in [0.05, 0.1) is 5.56 Å². The summed E-state index contributed by atoms with van der Waals surface area (Å²) < 4.78 is 37.1. The second-order valence-corrected chi connectivity index (χ2v) is 4.31. The number of hydrogen-bond donors (Lipinski definition) is 1. The summed E-state index contributed by atoms with van der Waals surface area (Å²) in [5, 5.41) is 3.04. The molecule has 18 heavy (non-hydrogen) atoms. The van der Waals surface area contributed by atoms with Gasteiger partial charge in [0.1, 0.15) is 0 Å². The second-order valence-electron chi connectivity index (χ2n) is 4.31. The van der Waals surface area contributed by atoms with E-state index in [4.69, 9.17) is 0 Å². The van der Waals surface area contributed by atoms with Crippen molar-refractivity contribution in [3.05, 3.63) is 47.0 Å². The summed E-state index contributed by atoms with van der Waals surface area (Å²) in [6.07, 6.45) is -0.519. The predicted octanol–water partition coefficient (Wildman–Crippen LogP) is 3.80. The molecule has 1 N–H and O–H groups in total. The van der Waals surface area contributed by atoms with E-state index in [-0.39, 0.29) is 0 Å². The Bertz CT molecular complexity index is 390. The molecule has 0 aromatic heterocycles. The van der Waals surface area contributed by atoms with Crippen molar-refractivity contribution in [1.29, 1.82) is 0 Å². The third-order valence-corrected chi connectivity index (χ3v) is 2.65. The zero-order valence-electron chi connectivity index (χ0n) is 10.6. The van der Waals surface area contributed by atoms with Gasteiger partial charge in [0.25, 0.3) is 0 Å². The Balaban J connectivity index is 2.61. The van der Waals surface area contributed by atoms with Crippen LogP contribution in [0.15, 0.2) is 35.9 Å². The third-order valence-electron chi connectivity index (χ3n) is 2.65. The number of halogens is 3. The largest absolute Gasteiger partial charge is 0.416 e. The maximum atomic E-state index is 12.4. The van der Waals surface area contributed by atoms with E-state index in [1.807, 2.05) is 14.0 Å². The second kappa shape index (κ2) is 6.59. The van der Waals surface area contributed by atoms with Gasteiger partial charge in [-0.15, -0.1) is 0 Å². The van der Waals surface area contributed by atoms with Crippen LogP contribution >= 0.6 is 0 Å². The minimum atomic E-state index is -4.25. The van der Waals surface area contributed by atoms with E-state index < -0.39 is 11.7 Å². The number of benzene rings is 1. The summed E-state index contributed by atoms with van der Waals surface area (Å²) in [7, 11) is 1.89. The first-order valence-electron chi connectivity index (χ1n) is 5.90. The van der Waals surface area contributed by atoms with Crippen molar-refractivity contribution in [2.24, 2.45) is 0 Å². The highest BCUT2D eigenvalue weighted by Crippen LogP contribution is 2.29. The van der Waals surface area contributed by atoms with Gasteiger partial charge in [-0.3, -0.25) is 0 Å². The zero-order chi connectivity index (χ0) is 13.6. The summed E-state index contributed by atoms with van der Waals surface area (Å²) in [4.78, 5) is 0. The first-order chi connectivity index (χ1) is 8.43. The molecule has 0 atom stereocenters. The highest BCUT2D eigenvalue weighted by molar-refractivity contribution is 5.27. The standard InChI is InChI=1S/C14H18F3N/c1-11(4-3-9-18-2)10-12-5-7-13(8-6-12)14(15,16)17/h4-8,18H,3,9-10H2,1-2H3. The molecular formula is C14H18F3N. The molecule has 1 rings (SSSR count). The molecule has 100 valence electrons. The molecule has 1 aromatic carbocycles. The molecule has 0 spiro atoms. The van der Waals surface area contributed by atoms with Crippen molar-refractivity contribution in [2.75, 3.05) is 13.6 Å². The summed E-state index contributed by atoms with van der Waals surface area (Å²) >= 11 is 0. The zero-order valence-corrected chi connectivity index (χ0v) is 10.6. The topological polar surface area (TPSA) is 12.0 Å². The average Bonchev–Trinajstić information content (AvgIpc) is 2.29. The van der Waals surface area contributed by atoms with Crippen molar-refractivity contribution in [1.82, 2.24) is 5.32 Å². The van der Waals surface area contributed by atoms with E-state index >= 15 is 0 Å². The lowest BCUT2D eigenvalue weighted by Gasteiger charge is -2.08. The van der Waals surface area contributed by atoms with Crippen LogP contribution in [0.1, 0.15) is 24.5 Å². The smallest absolute Gasteiger partial charge is 0.319 e. The molecule has 0 radical (unpaired) electrons. The van der Waals surface area contributed by atoms with Crippen LogP contribution < -0.4 is 5.32 Å². The molecule has 0 saturated carbocycles. The van der Waals surface area contributed by atoms with Crippen LogP contribution in [-0.4, -0.2) is 13.6 Å². The monoisotopic (exact) mass is 257 g/mol. The average molecular weight is 257 g/mol. The molecule has 4 heteroatoms. The van der Waals surface area contributed by atoms with Crippen LogP contribution in [0.4, 0.5) is 13.2 Å². The first-order valence-corrected chi connectivity index (χ1v) is 5.90. The fourth-order valence-electron chi connectivity index (χ4n) is 1.67. The van der Waals surface area contributed by atoms with Crippen molar-refractivity contribution in [3.8, 4) is 0 Å². The van der Waals surface area contributed by atoms with Gasteiger partial charge in [-0.1, -0.05) is 23.8 Å². The molecule has 0 aliphatic heterocycles. The Hall–Kier alpha value is -1.29. The molecule has 0 bridgehead atoms. The lowest BCUT2D eigenvalue weighted by Crippen LogP contribution is -2.06. The number of rotatable bonds is 5. The van der Waals surface area contributed by atoms with E-state index in [1.54, 1.807) is 0 Å². The molecule has 1 nitrogen and oxygen atoms in total. The maximum Gasteiger partial charge on any atom is 0.416 e. The van der Waals surface area contributed by atoms with Crippen molar-refractivity contribution in [3.63, 3.8) is 0 Å². The molecular weight excluding hydrogens is 239 g/mol. The van der Waals surface area contributed by atoms with Crippen molar-refractivity contribution >= 4 is 0 Å². The van der Waals surface area contributed by atoms with Gasteiger partial charge in [0.2, 0.25) is 0 Å². The quantitative estimate of drug-likeness (QED) is 0.625. The van der Waals surface area contributed by atoms with Crippen LogP contribution in [-0.2, 0) is 12.6 Å². The number of nitrogens with one attached hydrogen (secondary N) is 1. The summed E-state index contributed by atoms with van der Waals surface area (Å²) in [5.41, 5.74) is 1.48. The molecule has 1 aromatic rings. The molecule has 0 heterocycles. The van der Waals surface area contributed by atoms with Crippen LogP contribution in [0, 0.1) is 0 Å². The lowest BCUT2D eigenvalue weighted by atomic mass is 10.0. The first kappa shape index (κ1) is 14.8. The summed E-state index contributed by atoms with van der Waals surface area (Å²) in [6, 6.07) is 5.35. The van der Waals surface area contributed by atoms with E-state index in [0.29, 0.717) is 6.42 Å². The molecule has 0 unspecified atom stereocenters. The van der Waals surface area contributed by atoms with E-state index in [9.17, 15) is 13.2 Å². The van der Waals surface area contributed by atoms with Gasteiger partial charge in [0, 0.05) is 0 Å². The molecule has 0 aliphatic rings. The van der Waals surface area contributed by atoms with Crippen molar-refractivity contribution in [2.45, 2.75) is 25.9 Å². The van der Waals surface area contributed by atoms with E-state index in [2.05, 4.69) is 11.4 Å². The minimum Gasteiger partial charge on any atom is -0.319 e. The fourth-order valence-corrected chi connectivity index (χ4v) is 1.67. The van der Waals surface area contributed by atoms with Gasteiger partial charge in [-0.25, -0.2) is 0 Å². The lowest BCUT2D eigenvalue weighted by molar-refractivity contribution is -0.137. The normalized spacial score (nSPS) is 12.8.